The van der Waals surface area contributed by atoms with E-state index in [-0.39, 0.29) is 0 Å². The fourth-order valence-electron chi connectivity index (χ4n) is 2.98. The SMILES string of the molecule is CCCN1CCN2CCNCc3cccc1c32. The number of nitrogens with zero attached hydrogens (tertiary/aromatic N) is 2. The topological polar surface area (TPSA) is 18.5 Å². The maximum absolute atomic E-state index is 3.51. The van der Waals surface area contributed by atoms with E-state index in [1.807, 2.05) is 0 Å². The predicted molar refractivity (Wildman–Crippen MR) is 72.9 cm³/mol. The molecule has 2 aliphatic rings. The summed E-state index contributed by atoms with van der Waals surface area (Å²) in [6.45, 7) is 9.04. The smallest absolute Gasteiger partial charge is 0.0650 e. The number of nitrogens with one attached hydrogen (secondary N) is 1. The molecule has 92 valence electrons. The average Bonchev–Trinajstić information content (AvgIpc) is 2.57. The van der Waals surface area contributed by atoms with Gasteiger partial charge in [-0.2, -0.15) is 0 Å². The van der Waals surface area contributed by atoms with Crippen molar-refractivity contribution in [1.29, 1.82) is 0 Å². The molecule has 3 nitrogen and oxygen atoms in total. The van der Waals surface area contributed by atoms with Crippen LogP contribution in [0, 0.1) is 0 Å². The highest BCUT2D eigenvalue weighted by atomic mass is 15.3. The fraction of sp³-hybridized carbons (Fsp3) is 0.571. The molecule has 3 heteroatoms. The van der Waals surface area contributed by atoms with Crippen molar-refractivity contribution in [3.8, 4) is 0 Å². The monoisotopic (exact) mass is 231 g/mol. The lowest BCUT2D eigenvalue weighted by Gasteiger charge is -2.39. The van der Waals surface area contributed by atoms with E-state index in [1.165, 1.54) is 43.0 Å². The molecule has 1 aromatic rings. The highest BCUT2D eigenvalue weighted by Gasteiger charge is 2.25. The van der Waals surface area contributed by atoms with Gasteiger partial charge in [0, 0.05) is 39.3 Å². The molecule has 0 aliphatic carbocycles. The molecule has 0 atom stereocenters. The Bertz CT molecular complexity index is 402. The van der Waals surface area contributed by atoms with Gasteiger partial charge >= 0.3 is 0 Å². The van der Waals surface area contributed by atoms with E-state index in [0.717, 1.165) is 19.6 Å². The van der Waals surface area contributed by atoms with Gasteiger partial charge < -0.3 is 15.1 Å². The minimum absolute atomic E-state index is 1.01. The number of anilines is 2. The Kier molecular flexibility index (Phi) is 2.93. The molecule has 0 spiro atoms. The molecule has 0 saturated carbocycles. The van der Waals surface area contributed by atoms with Crippen molar-refractivity contribution in [2.45, 2.75) is 19.9 Å². The van der Waals surface area contributed by atoms with Crippen LogP contribution in [-0.4, -0.2) is 32.7 Å². The Morgan fingerprint density at radius 1 is 1.24 bits per heavy atom. The van der Waals surface area contributed by atoms with Crippen LogP contribution in [0.25, 0.3) is 0 Å². The summed E-state index contributed by atoms with van der Waals surface area (Å²) < 4.78 is 0. The van der Waals surface area contributed by atoms with Crippen LogP contribution >= 0.6 is 0 Å². The Morgan fingerprint density at radius 3 is 3.06 bits per heavy atom. The van der Waals surface area contributed by atoms with Crippen LogP contribution < -0.4 is 15.1 Å². The standard InChI is InChI=1S/C14H21N3/c1-2-7-16-9-10-17-8-6-15-11-12-4-3-5-13(16)14(12)17/h3-5,15H,2,6-11H2,1H3. The molecule has 0 aromatic heterocycles. The van der Waals surface area contributed by atoms with Crippen LogP contribution in [0.1, 0.15) is 18.9 Å². The minimum atomic E-state index is 1.01. The molecule has 1 aromatic carbocycles. The third-order valence-corrected chi connectivity index (χ3v) is 3.76. The lowest BCUT2D eigenvalue weighted by Crippen LogP contribution is -2.42. The van der Waals surface area contributed by atoms with E-state index in [0.29, 0.717) is 0 Å². The third-order valence-electron chi connectivity index (χ3n) is 3.76. The first-order chi connectivity index (χ1) is 8.40. The van der Waals surface area contributed by atoms with E-state index in [9.17, 15) is 0 Å². The van der Waals surface area contributed by atoms with Crippen LogP contribution in [-0.2, 0) is 6.54 Å². The largest absolute Gasteiger partial charge is 0.368 e. The summed E-state index contributed by atoms with van der Waals surface area (Å²) in [4.78, 5) is 5.09. The van der Waals surface area contributed by atoms with Crippen LogP contribution in [0.3, 0.4) is 0 Å². The average molecular weight is 231 g/mol. The second-order valence-electron chi connectivity index (χ2n) is 4.94. The van der Waals surface area contributed by atoms with Crippen molar-refractivity contribution in [3.05, 3.63) is 23.8 Å². The van der Waals surface area contributed by atoms with Gasteiger partial charge in [-0.3, -0.25) is 0 Å². The number of hydrogen-bond donors (Lipinski definition) is 1. The molecule has 1 N–H and O–H groups in total. The van der Waals surface area contributed by atoms with E-state index in [4.69, 9.17) is 0 Å². The number of rotatable bonds is 2. The van der Waals surface area contributed by atoms with Gasteiger partial charge in [-0.1, -0.05) is 19.1 Å². The first kappa shape index (κ1) is 10.9. The van der Waals surface area contributed by atoms with Gasteiger partial charge in [-0.15, -0.1) is 0 Å². The lowest BCUT2D eigenvalue weighted by molar-refractivity contribution is 0.663. The summed E-state index contributed by atoms with van der Waals surface area (Å²) in [5, 5.41) is 3.51. The molecule has 2 heterocycles. The Morgan fingerprint density at radius 2 is 2.18 bits per heavy atom. The highest BCUT2D eigenvalue weighted by molar-refractivity contribution is 5.77. The van der Waals surface area contributed by atoms with E-state index in [1.54, 1.807) is 0 Å². The van der Waals surface area contributed by atoms with Gasteiger partial charge in [0.25, 0.3) is 0 Å². The van der Waals surface area contributed by atoms with Gasteiger partial charge in [-0.25, -0.2) is 0 Å². The Labute approximate surface area is 103 Å². The van der Waals surface area contributed by atoms with Crippen molar-refractivity contribution >= 4 is 11.4 Å². The first-order valence-electron chi connectivity index (χ1n) is 6.72. The summed E-state index contributed by atoms with van der Waals surface area (Å²) in [6, 6.07) is 6.75. The summed E-state index contributed by atoms with van der Waals surface area (Å²) in [7, 11) is 0. The van der Waals surface area contributed by atoms with Crippen LogP contribution in [0.2, 0.25) is 0 Å². The summed E-state index contributed by atoms with van der Waals surface area (Å²) in [5.74, 6) is 0. The predicted octanol–water partition coefficient (Wildman–Crippen LogP) is 1.83. The molecule has 17 heavy (non-hydrogen) atoms. The van der Waals surface area contributed by atoms with Crippen molar-refractivity contribution in [1.82, 2.24) is 5.32 Å². The molecule has 0 bridgehead atoms. The van der Waals surface area contributed by atoms with Crippen LogP contribution in [0.15, 0.2) is 18.2 Å². The number of benzene rings is 1. The van der Waals surface area contributed by atoms with Crippen molar-refractivity contribution in [3.63, 3.8) is 0 Å². The van der Waals surface area contributed by atoms with Gasteiger partial charge in [0.15, 0.2) is 0 Å². The molecule has 0 radical (unpaired) electrons. The Balaban J connectivity index is 2.04. The zero-order valence-electron chi connectivity index (χ0n) is 10.6. The normalized spacial score (nSPS) is 18.9. The quantitative estimate of drug-likeness (QED) is 0.837. The van der Waals surface area contributed by atoms with Crippen LogP contribution in [0.5, 0.6) is 0 Å². The maximum atomic E-state index is 3.51. The second kappa shape index (κ2) is 4.57. The fourth-order valence-corrected chi connectivity index (χ4v) is 2.98. The van der Waals surface area contributed by atoms with Gasteiger partial charge in [0.2, 0.25) is 0 Å². The lowest BCUT2D eigenvalue weighted by atomic mass is 10.1. The highest BCUT2D eigenvalue weighted by Crippen LogP contribution is 2.36. The maximum Gasteiger partial charge on any atom is 0.0650 e. The molecule has 3 rings (SSSR count). The number of para-hydroxylation sites is 1. The Hall–Kier alpha value is -1.22. The van der Waals surface area contributed by atoms with Crippen molar-refractivity contribution in [2.75, 3.05) is 42.5 Å². The zero-order chi connectivity index (χ0) is 11.7. The minimum Gasteiger partial charge on any atom is -0.368 e. The zero-order valence-corrected chi connectivity index (χ0v) is 10.6. The molecular formula is C14H21N3. The number of hydrogen-bond acceptors (Lipinski definition) is 3. The summed E-state index contributed by atoms with van der Waals surface area (Å²) >= 11 is 0. The van der Waals surface area contributed by atoms with E-state index in [2.05, 4.69) is 40.2 Å². The molecule has 0 fully saturated rings. The molecular weight excluding hydrogens is 210 g/mol. The van der Waals surface area contributed by atoms with Gasteiger partial charge in [0.1, 0.15) is 0 Å². The first-order valence-corrected chi connectivity index (χ1v) is 6.72. The molecule has 0 unspecified atom stereocenters. The second-order valence-corrected chi connectivity index (χ2v) is 4.94. The molecule has 2 aliphatic heterocycles. The summed E-state index contributed by atoms with van der Waals surface area (Å²) in [6.07, 6.45) is 1.22. The van der Waals surface area contributed by atoms with Crippen LogP contribution in [0.4, 0.5) is 11.4 Å². The third kappa shape index (κ3) is 1.89. The van der Waals surface area contributed by atoms with E-state index < -0.39 is 0 Å². The summed E-state index contributed by atoms with van der Waals surface area (Å²) in [5.41, 5.74) is 4.39. The van der Waals surface area contributed by atoms with Crippen molar-refractivity contribution in [2.24, 2.45) is 0 Å². The van der Waals surface area contributed by atoms with Crippen molar-refractivity contribution < 1.29 is 0 Å². The van der Waals surface area contributed by atoms with E-state index >= 15 is 0 Å². The molecule has 0 amide bonds. The van der Waals surface area contributed by atoms with Gasteiger partial charge in [0.05, 0.1) is 11.4 Å². The van der Waals surface area contributed by atoms with Gasteiger partial charge in [-0.05, 0) is 18.1 Å². The molecule has 0 saturated heterocycles.